The van der Waals surface area contributed by atoms with Crippen LogP contribution in [0.15, 0.2) is 71.9 Å². The lowest BCUT2D eigenvalue weighted by molar-refractivity contribution is 0.0787. The van der Waals surface area contributed by atoms with E-state index in [2.05, 4.69) is 9.97 Å². The van der Waals surface area contributed by atoms with Crippen LogP contribution in [-0.2, 0) is 9.84 Å². The molecular formula is C22H23N3O4S. The molecule has 0 aliphatic carbocycles. The Morgan fingerprint density at radius 1 is 1.03 bits per heavy atom. The molecule has 0 saturated heterocycles. The molecule has 3 aromatic rings. The van der Waals surface area contributed by atoms with E-state index >= 15 is 0 Å². The zero-order valence-electron chi connectivity index (χ0n) is 16.9. The first-order valence-corrected chi connectivity index (χ1v) is 11.3. The van der Waals surface area contributed by atoms with Crippen molar-refractivity contribution in [1.29, 1.82) is 0 Å². The molecule has 30 heavy (non-hydrogen) atoms. The van der Waals surface area contributed by atoms with Gasteiger partial charge in [-0.05, 0) is 24.6 Å². The second kappa shape index (κ2) is 9.49. The number of nitrogens with zero attached hydrogens (tertiary/aromatic N) is 3. The Bertz CT molecular complexity index is 1100. The molecule has 7 nitrogen and oxygen atoms in total. The topological polar surface area (TPSA) is 89.5 Å². The molecule has 3 rings (SSSR count). The van der Waals surface area contributed by atoms with Crippen LogP contribution in [0.5, 0.6) is 5.75 Å². The Kier molecular flexibility index (Phi) is 6.79. The van der Waals surface area contributed by atoms with Crippen LogP contribution < -0.4 is 4.74 Å². The molecule has 0 N–H and O–H groups in total. The number of hydrogen-bond donors (Lipinski definition) is 0. The van der Waals surface area contributed by atoms with E-state index in [1.54, 1.807) is 24.1 Å². The van der Waals surface area contributed by atoms with Gasteiger partial charge >= 0.3 is 0 Å². The van der Waals surface area contributed by atoms with Gasteiger partial charge in [-0.3, -0.25) is 4.79 Å². The lowest BCUT2D eigenvalue weighted by Crippen LogP contribution is -2.28. The zero-order chi connectivity index (χ0) is 21.6. The molecule has 1 heterocycles. The van der Waals surface area contributed by atoms with Crippen molar-refractivity contribution in [3.63, 3.8) is 0 Å². The summed E-state index contributed by atoms with van der Waals surface area (Å²) in [5.74, 6) is 0.880. The molecule has 1 amide bonds. The van der Waals surface area contributed by atoms with E-state index in [4.69, 9.17) is 4.74 Å². The molecule has 156 valence electrons. The lowest BCUT2D eigenvalue weighted by atomic mass is 10.2. The van der Waals surface area contributed by atoms with Crippen molar-refractivity contribution in [2.45, 2.75) is 11.3 Å². The average molecular weight is 426 g/mol. The van der Waals surface area contributed by atoms with Crippen LogP contribution in [-0.4, -0.2) is 55.6 Å². The summed E-state index contributed by atoms with van der Waals surface area (Å²) in [4.78, 5) is 22.9. The predicted octanol–water partition coefficient (Wildman–Crippen LogP) is 3.09. The summed E-state index contributed by atoms with van der Waals surface area (Å²) in [7, 11) is -1.57. The predicted molar refractivity (Wildman–Crippen MR) is 114 cm³/mol. The van der Waals surface area contributed by atoms with Gasteiger partial charge in [0.05, 0.1) is 17.1 Å². The van der Waals surface area contributed by atoms with Gasteiger partial charge in [-0.15, -0.1) is 0 Å². The van der Waals surface area contributed by atoms with Gasteiger partial charge in [-0.25, -0.2) is 18.4 Å². The number of sulfone groups is 1. The van der Waals surface area contributed by atoms with E-state index < -0.39 is 9.84 Å². The van der Waals surface area contributed by atoms with Crippen molar-refractivity contribution in [2.75, 3.05) is 26.5 Å². The number of aromatic nitrogens is 2. The fraction of sp³-hybridized carbons (Fsp3) is 0.227. The molecule has 2 aromatic carbocycles. The van der Waals surface area contributed by atoms with Crippen molar-refractivity contribution in [2.24, 2.45) is 0 Å². The number of carbonyl (C=O) groups is 1. The third-order valence-electron chi connectivity index (χ3n) is 4.42. The summed E-state index contributed by atoms with van der Waals surface area (Å²) in [6.45, 7) is 0.833. The summed E-state index contributed by atoms with van der Waals surface area (Å²) in [6, 6.07) is 15.9. The van der Waals surface area contributed by atoms with Gasteiger partial charge in [-0.1, -0.05) is 36.4 Å². The molecule has 0 aliphatic rings. The Hall–Kier alpha value is -3.26. The van der Waals surface area contributed by atoms with Gasteiger partial charge in [0.1, 0.15) is 5.75 Å². The smallest absolute Gasteiger partial charge is 0.256 e. The Labute approximate surface area is 176 Å². The van der Waals surface area contributed by atoms with Crippen LogP contribution in [0.1, 0.15) is 16.8 Å². The lowest BCUT2D eigenvalue weighted by Gasteiger charge is -2.17. The summed E-state index contributed by atoms with van der Waals surface area (Å²) >= 11 is 0. The van der Waals surface area contributed by atoms with Crippen LogP contribution in [0, 0.1) is 0 Å². The third kappa shape index (κ3) is 5.64. The maximum Gasteiger partial charge on any atom is 0.256 e. The quantitative estimate of drug-likeness (QED) is 0.515. The SMILES string of the molecule is CN(CCCOc1cccc(S(C)(=O)=O)c1)C(=O)c1cnc(-c2ccccc2)nc1. The Morgan fingerprint density at radius 3 is 2.40 bits per heavy atom. The first kappa shape index (κ1) is 21.4. The molecule has 0 saturated carbocycles. The maximum atomic E-state index is 12.6. The molecule has 0 unspecified atom stereocenters. The summed E-state index contributed by atoms with van der Waals surface area (Å²) in [5.41, 5.74) is 1.31. The zero-order valence-corrected chi connectivity index (χ0v) is 17.7. The van der Waals surface area contributed by atoms with Gasteiger partial charge in [0, 0.05) is 37.8 Å². The molecule has 0 spiro atoms. The van der Waals surface area contributed by atoms with E-state index in [-0.39, 0.29) is 10.8 Å². The molecule has 1 aromatic heterocycles. The molecule has 0 radical (unpaired) electrons. The molecule has 8 heteroatoms. The van der Waals surface area contributed by atoms with E-state index in [0.29, 0.717) is 36.7 Å². The minimum absolute atomic E-state index is 0.173. The monoisotopic (exact) mass is 425 g/mol. The van der Waals surface area contributed by atoms with Crippen LogP contribution in [0.2, 0.25) is 0 Å². The molecule has 0 aliphatic heterocycles. The summed E-state index contributed by atoms with van der Waals surface area (Å²) in [5, 5.41) is 0. The van der Waals surface area contributed by atoms with E-state index in [0.717, 1.165) is 11.8 Å². The van der Waals surface area contributed by atoms with Crippen molar-refractivity contribution in [3.8, 4) is 17.1 Å². The fourth-order valence-corrected chi connectivity index (χ4v) is 3.44. The highest BCUT2D eigenvalue weighted by atomic mass is 32.2. The molecule has 0 atom stereocenters. The molecular weight excluding hydrogens is 402 g/mol. The minimum atomic E-state index is -3.28. The molecule has 0 fully saturated rings. The van der Waals surface area contributed by atoms with Crippen molar-refractivity contribution < 1.29 is 17.9 Å². The van der Waals surface area contributed by atoms with E-state index in [1.807, 2.05) is 30.3 Å². The van der Waals surface area contributed by atoms with Gasteiger partial charge < -0.3 is 9.64 Å². The first-order valence-electron chi connectivity index (χ1n) is 9.40. The number of benzene rings is 2. The Balaban J connectivity index is 1.50. The number of ether oxygens (including phenoxy) is 1. The van der Waals surface area contributed by atoms with Crippen LogP contribution >= 0.6 is 0 Å². The van der Waals surface area contributed by atoms with E-state index in [9.17, 15) is 13.2 Å². The number of amides is 1. The number of carbonyl (C=O) groups excluding carboxylic acids is 1. The maximum absolute atomic E-state index is 12.6. The average Bonchev–Trinajstić information content (AvgIpc) is 2.76. The normalized spacial score (nSPS) is 11.1. The number of rotatable bonds is 8. The highest BCUT2D eigenvalue weighted by Gasteiger charge is 2.13. The second-order valence-corrected chi connectivity index (χ2v) is 8.85. The van der Waals surface area contributed by atoms with E-state index in [1.165, 1.54) is 24.5 Å². The third-order valence-corrected chi connectivity index (χ3v) is 5.53. The standard InChI is InChI=1S/C22H23N3O4S/c1-25(12-7-13-29-19-10-6-11-20(14-19)30(2,27)28)22(26)18-15-23-21(24-16-18)17-8-4-3-5-9-17/h3-6,8-11,14-16H,7,12-13H2,1-2H3. The highest BCUT2D eigenvalue weighted by molar-refractivity contribution is 7.90. The van der Waals surface area contributed by atoms with Crippen LogP contribution in [0.4, 0.5) is 0 Å². The fourth-order valence-electron chi connectivity index (χ4n) is 2.78. The Morgan fingerprint density at radius 2 is 1.73 bits per heavy atom. The largest absolute Gasteiger partial charge is 0.493 e. The van der Waals surface area contributed by atoms with Crippen molar-refractivity contribution in [3.05, 3.63) is 72.6 Å². The first-order chi connectivity index (χ1) is 14.3. The number of hydrogen-bond acceptors (Lipinski definition) is 6. The van der Waals surface area contributed by atoms with Gasteiger partial charge in [0.25, 0.3) is 5.91 Å². The summed E-state index contributed by atoms with van der Waals surface area (Å²) < 4.78 is 28.8. The molecule has 0 bridgehead atoms. The van der Waals surface area contributed by atoms with Crippen molar-refractivity contribution in [1.82, 2.24) is 14.9 Å². The van der Waals surface area contributed by atoms with Crippen LogP contribution in [0.3, 0.4) is 0 Å². The second-order valence-electron chi connectivity index (χ2n) is 6.84. The highest BCUT2D eigenvalue weighted by Crippen LogP contribution is 2.18. The van der Waals surface area contributed by atoms with Gasteiger partial charge in [-0.2, -0.15) is 0 Å². The minimum Gasteiger partial charge on any atom is -0.493 e. The van der Waals surface area contributed by atoms with Crippen LogP contribution in [0.25, 0.3) is 11.4 Å². The van der Waals surface area contributed by atoms with Gasteiger partial charge in [0.15, 0.2) is 15.7 Å². The van der Waals surface area contributed by atoms with Gasteiger partial charge in [0.2, 0.25) is 0 Å². The van der Waals surface area contributed by atoms with Crippen molar-refractivity contribution >= 4 is 15.7 Å². The summed E-state index contributed by atoms with van der Waals surface area (Å²) in [6.07, 6.45) is 4.81.